The van der Waals surface area contributed by atoms with Crippen molar-refractivity contribution in [1.82, 2.24) is 0 Å². The van der Waals surface area contributed by atoms with Gasteiger partial charge in [0, 0.05) is 53.1 Å². The number of hydrogen-bond acceptors (Lipinski definition) is 4. The van der Waals surface area contributed by atoms with E-state index in [1.807, 2.05) is 11.3 Å². The van der Waals surface area contributed by atoms with E-state index in [1.54, 1.807) is 0 Å². The number of anilines is 3. The molecule has 4 heteroatoms. The molecule has 0 radical (unpaired) electrons. The lowest BCUT2D eigenvalue weighted by atomic mass is 9.94. The molecule has 3 heterocycles. The molecule has 0 spiro atoms. The van der Waals surface area contributed by atoms with Crippen molar-refractivity contribution in [2.75, 3.05) is 4.90 Å². The van der Waals surface area contributed by atoms with Crippen molar-refractivity contribution in [1.29, 1.82) is 0 Å². The van der Waals surface area contributed by atoms with Crippen molar-refractivity contribution in [3.63, 3.8) is 0 Å². The molecule has 0 aliphatic rings. The molecule has 0 saturated heterocycles. The van der Waals surface area contributed by atoms with Gasteiger partial charge >= 0.3 is 0 Å². The second-order valence-electron chi connectivity index (χ2n) is 14.8. The minimum absolute atomic E-state index is 0.844. The van der Waals surface area contributed by atoms with Crippen LogP contribution in [0.4, 0.5) is 17.1 Å². The van der Waals surface area contributed by atoms with Gasteiger partial charge in [-0.1, -0.05) is 140 Å². The molecule has 0 aliphatic heterocycles. The number of furan rings is 2. The Bertz CT molecular complexity index is 3510. The predicted molar refractivity (Wildman–Crippen MR) is 245 cm³/mol. The molecule has 0 saturated carbocycles. The number of fused-ring (bicyclic) bond motifs is 9. The van der Waals surface area contributed by atoms with E-state index in [0.717, 1.165) is 94.3 Å². The van der Waals surface area contributed by atoms with E-state index in [1.165, 1.54) is 20.2 Å². The van der Waals surface area contributed by atoms with Crippen LogP contribution in [-0.2, 0) is 0 Å². The Kier molecular flexibility index (Phi) is 7.40. The van der Waals surface area contributed by atoms with Crippen molar-refractivity contribution < 1.29 is 8.83 Å². The summed E-state index contributed by atoms with van der Waals surface area (Å²) in [5, 5.41) is 6.77. The van der Waals surface area contributed by atoms with Crippen LogP contribution in [0.5, 0.6) is 0 Å². The summed E-state index contributed by atoms with van der Waals surface area (Å²) in [7, 11) is 0. The van der Waals surface area contributed by atoms with E-state index in [9.17, 15) is 0 Å². The number of rotatable bonds is 6. The summed E-state index contributed by atoms with van der Waals surface area (Å²) in [6, 6.07) is 71.2. The van der Waals surface area contributed by atoms with Gasteiger partial charge in [-0.2, -0.15) is 0 Å². The monoisotopic (exact) mass is 759 g/mol. The molecule has 12 rings (SSSR count). The number of benzene rings is 9. The zero-order valence-corrected chi connectivity index (χ0v) is 32.0. The highest BCUT2D eigenvalue weighted by molar-refractivity contribution is 7.26. The van der Waals surface area contributed by atoms with Crippen molar-refractivity contribution >= 4 is 92.4 Å². The molecule has 0 unspecified atom stereocenters. The SMILES string of the molecule is c1ccc(-c2ccc(-c3ccccc3)c3c2oc2ccc(N(c4cccc5sc6ccccc6c45)c4ccc(-c5ccccc5)c5oc6ccccc6c45)cc23)cc1. The largest absolute Gasteiger partial charge is 0.455 e. The van der Waals surface area contributed by atoms with Crippen molar-refractivity contribution in [2.45, 2.75) is 0 Å². The van der Waals surface area contributed by atoms with E-state index in [-0.39, 0.29) is 0 Å². The van der Waals surface area contributed by atoms with Gasteiger partial charge in [0.05, 0.1) is 16.8 Å². The third-order valence-electron chi connectivity index (χ3n) is 11.5. The summed E-state index contributed by atoms with van der Waals surface area (Å²) in [4.78, 5) is 2.45. The maximum absolute atomic E-state index is 6.91. The Hall–Kier alpha value is -7.40. The second-order valence-corrected chi connectivity index (χ2v) is 15.8. The van der Waals surface area contributed by atoms with Crippen LogP contribution in [0.15, 0.2) is 209 Å². The molecule has 58 heavy (non-hydrogen) atoms. The van der Waals surface area contributed by atoms with E-state index in [2.05, 4.69) is 205 Å². The lowest BCUT2D eigenvalue weighted by Gasteiger charge is -2.27. The normalized spacial score (nSPS) is 11.8. The lowest BCUT2D eigenvalue weighted by molar-refractivity contribution is 0.669. The van der Waals surface area contributed by atoms with Gasteiger partial charge in [0.2, 0.25) is 0 Å². The fourth-order valence-electron chi connectivity index (χ4n) is 8.90. The van der Waals surface area contributed by atoms with Crippen LogP contribution in [-0.4, -0.2) is 0 Å². The first-order valence-electron chi connectivity index (χ1n) is 19.6. The number of nitrogens with zero attached hydrogens (tertiary/aromatic N) is 1. The van der Waals surface area contributed by atoms with Crippen LogP contribution in [0, 0.1) is 0 Å². The third kappa shape index (κ3) is 5.05. The molecule has 0 atom stereocenters. The van der Waals surface area contributed by atoms with Gasteiger partial charge < -0.3 is 13.7 Å². The third-order valence-corrected chi connectivity index (χ3v) is 12.6. The molecule has 3 aromatic heterocycles. The summed E-state index contributed by atoms with van der Waals surface area (Å²) in [6.07, 6.45) is 0. The van der Waals surface area contributed by atoms with Crippen LogP contribution < -0.4 is 4.90 Å². The van der Waals surface area contributed by atoms with Gasteiger partial charge in [-0.05, 0) is 82.9 Å². The smallest absolute Gasteiger partial charge is 0.145 e. The Morgan fingerprint density at radius 2 is 0.879 bits per heavy atom. The minimum atomic E-state index is 0.844. The molecular weight excluding hydrogens is 727 g/mol. The maximum Gasteiger partial charge on any atom is 0.145 e. The lowest BCUT2D eigenvalue weighted by Crippen LogP contribution is -2.11. The van der Waals surface area contributed by atoms with Crippen molar-refractivity contribution in [3.8, 4) is 33.4 Å². The quantitative estimate of drug-likeness (QED) is 0.169. The molecule has 0 amide bonds. The molecule has 0 fully saturated rings. The molecule has 0 bridgehead atoms. The van der Waals surface area contributed by atoms with Crippen LogP contribution in [0.3, 0.4) is 0 Å². The summed E-state index contributed by atoms with van der Waals surface area (Å²) < 4.78 is 16.3. The Morgan fingerprint density at radius 3 is 1.60 bits per heavy atom. The van der Waals surface area contributed by atoms with Gasteiger partial charge in [-0.3, -0.25) is 0 Å². The van der Waals surface area contributed by atoms with Gasteiger partial charge in [-0.25, -0.2) is 0 Å². The van der Waals surface area contributed by atoms with Crippen LogP contribution in [0.25, 0.3) is 97.4 Å². The van der Waals surface area contributed by atoms with E-state index in [0.29, 0.717) is 0 Å². The Morgan fingerprint density at radius 1 is 0.345 bits per heavy atom. The molecule has 272 valence electrons. The standard InChI is InChI=1S/C54H33NO2S/c1-4-15-34(16-5-1)38-28-29-39(35-17-6-2-7-18-35)53-50(38)43-33-37(27-32-47(43)57-53)55(44-23-14-26-49-51(44)42-22-11-13-25-48(42)58-49)45-31-30-40(36-19-8-3-9-20-36)54-52(45)41-21-10-12-24-46(41)56-54/h1-33H. The second kappa shape index (κ2) is 13.1. The van der Waals surface area contributed by atoms with Crippen LogP contribution in [0.2, 0.25) is 0 Å². The maximum atomic E-state index is 6.91. The zero-order valence-electron chi connectivity index (χ0n) is 31.2. The molecular formula is C54H33NO2S. The van der Waals surface area contributed by atoms with Gasteiger partial charge in [0.15, 0.2) is 0 Å². The zero-order chi connectivity index (χ0) is 38.2. The first kappa shape index (κ1) is 32.8. The minimum Gasteiger partial charge on any atom is -0.455 e. The van der Waals surface area contributed by atoms with E-state index < -0.39 is 0 Å². The summed E-state index contributed by atoms with van der Waals surface area (Å²) in [5.74, 6) is 0. The highest BCUT2D eigenvalue weighted by atomic mass is 32.1. The first-order chi connectivity index (χ1) is 28.8. The topological polar surface area (TPSA) is 29.5 Å². The van der Waals surface area contributed by atoms with Gasteiger partial charge in [0.1, 0.15) is 22.3 Å². The van der Waals surface area contributed by atoms with Crippen LogP contribution >= 0.6 is 11.3 Å². The molecule has 0 N–H and O–H groups in total. The van der Waals surface area contributed by atoms with Crippen molar-refractivity contribution in [2.24, 2.45) is 0 Å². The van der Waals surface area contributed by atoms with Crippen LogP contribution in [0.1, 0.15) is 0 Å². The van der Waals surface area contributed by atoms with Crippen molar-refractivity contribution in [3.05, 3.63) is 200 Å². The van der Waals surface area contributed by atoms with Gasteiger partial charge in [-0.15, -0.1) is 11.3 Å². The van der Waals surface area contributed by atoms with E-state index in [4.69, 9.17) is 8.83 Å². The molecule has 12 aromatic rings. The predicted octanol–water partition coefficient (Wildman–Crippen LogP) is 16.3. The van der Waals surface area contributed by atoms with Gasteiger partial charge in [0.25, 0.3) is 0 Å². The Balaban J connectivity index is 1.20. The highest BCUT2D eigenvalue weighted by Crippen LogP contribution is 2.51. The summed E-state index contributed by atoms with van der Waals surface area (Å²) in [5.41, 5.74) is 13.3. The fourth-order valence-corrected chi connectivity index (χ4v) is 10.0. The first-order valence-corrected chi connectivity index (χ1v) is 20.4. The molecule has 9 aromatic carbocycles. The Labute approximate surface area is 338 Å². The fraction of sp³-hybridized carbons (Fsp3) is 0. The molecule has 0 aliphatic carbocycles. The number of para-hydroxylation sites is 1. The van der Waals surface area contributed by atoms with E-state index >= 15 is 0 Å². The average molecular weight is 760 g/mol. The molecule has 3 nitrogen and oxygen atoms in total. The summed E-state index contributed by atoms with van der Waals surface area (Å²) in [6.45, 7) is 0. The number of thiophene rings is 1. The number of hydrogen-bond donors (Lipinski definition) is 0. The average Bonchev–Trinajstić information content (AvgIpc) is 3.99. The highest BCUT2D eigenvalue weighted by Gasteiger charge is 2.26. The summed E-state index contributed by atoms with van der Waals surface area (Å²) >= 11 is 1.84.